The Morgan fingerprint density at radius 2 is 1.45 bits per heavy atom. The molecular formula is C8H18INS. The second kappa shape index (κ2) is 6.54. The highest BCUT2D eigenvalue weighted by Gasteiger charge is 2.07. The molecule has 0 fully saturated rings. The number of hydrogen-bond acceptors (Lipinski definition) is 2. The van der Waals surface area contributed by atoms with Crippen LogP contribution in [0.1, 0.15) is 27.7 Å². The molecule has 0 heterocycles. The van der Waals surface area contributed by atoms with Gasteiger partial charge in [-0.1, -0.05) is 27.7 Å². The van der Waals surface area contributed by atoms with E-state index in [2.05, 4.69) is 53.2 Å². The SMILES string of the molecule is CC(C)CN(CC(C)C)SI. The molecule has 0 aromatic carbocycles. The van der Waals surface area contributed by atoms with E-state index in [1.54, 1.807) is 0 Å². The van der Waals surface area contributed by atoms with Crippen LogP contribution in [0.25, 0.3) is 0 Å². The van der Waals surface area contributed by atoms with Gasteiger partial charge in [0.05, 0.1) is 0 Å². The fourth-order valence-electron chi connectivity index (χ4n) is 0.945. The van der Waals surface area contributed by atoms with Crippen molar-refractivity contribution in [1.29, 1.82) is 0 Å². The largest absolute Gasteiger partial charge is 0.241 e. The maximum atomic E-state index is 2.43. The van der Waals surface area contributed by atoms with Gasteiger partial charge in [0.1, 0.15) is 0 Å². The van der Waals surface area contributed by atoms with Crippen LogP contribution < -0.4 is 0 Å². The molecule has 0 saturated heterocycles. The summed E-state index contributed by atoms with van der Waals surface area (Å²) in [6, 6.07) is 0. The summed E-state index contributed by atoms with van der Waals surface area (Å²) in [5, 5.41) is 0. The van der Waals surface area contributed by atoms with E-state index in [-0.39, 0.29) is 0 Å². The van der Waals surface area contributed by atoms with Crippen molar-refractivity contribution in [3.8, 4) is 0 Å². The second-order valence-corrected chi connectivity index (χ2v) is 5.54. The lowest BCUT2D eigenvalue weighted by atomic mass is 10.2. The quantitative estimate of drug-likeness (QED) is 0.561. The zero-order valence-electron chi connectivity index (χ0n) is 7.80. The van der Waals surface area contributed by atoms with Crippen LogP contribution >= 0.6 is 30.3 Å². The van der Waals surface area contributed by atoms with E-state index in [9.17, 15) is 0 Å². The zero-order valence-corrected chi connectivity index (χ0v) is 10.8. The van der Waals surface area contributed by atoms with Gasteiger partial charge in [-0.25, -0.2) is 4.31 Å². The van der Waals surface area contributed by atoms with Crippen LogP contribution in [0.2, 0.25) is 0 Å². The summed E-state index contributed by atoms with van der Waals surface area (Å²) < 4.78 is 2.43. The van der Waals surface area contributed by atoms with Gasteiger partial charge in [-0.2, -0.15) is 0 Å². The molecule has 0 amide bonds. The summed E-state index contributed by atoms with van der Waals surface area (Å²) in [6.07, 6.45) is 0. The maximum absolute atomic E-state index is 2.43. The summed E-state index contributed by atoms with van der Waals surface area (Å²) in [7, 11) is 1.83. The Labute approximate surface area is 87.0 Å². The third-order valence-electron chi connectivity index (χ3n) is 1.24. The predicted octanol–water partition coefficient (Wildman–Crippen LogP) is 3.60. The Bertz CT molecular complexity index is 86.1. The Morgan fingerprint density at radius 1 is 1.09 bits per heavy atom. The molecule has 0 aliphatic heterocycles. The van der Waals surface area contributed by atoms with E-state index in [0.29, 0.717) is 0 Å². The minimum absolute atomic E-state index is 0.774. The molecule has 3 heteroatoms. The lowest BCUT2D eigenvalue weighted by Crippen LogP contribution is -2.23. The van der Waals surface area contributed by atoms with Crippen molar-refractivity contribution < 1.29 is 0 Å². The first-order valence-electron chi connectivity index (χ1n) is 4.10. The van der Waals surface area contributed by atoms with Gasteiger partial charge in [-0.3, -0.25) is 0 Å². The normalized spacial score (nSPS) is 12.0. The molecule has 11 heavy (non-hydrogen) atoms. The van der Waals surface area contributed by atoms with Gasteiger partial charge in [-0.15, -0.1) is 0 Å². The maximum Gasteiger partial charge on any atom is 0.0146 e. The van der Waals surface area contributed by atoms with Gasteiger partial charge in [0.2, 0.25) is 0 Å². The fraction of sp³-hybridized carbons (Fsp3) is 1.00. The Balaban J connectivity index is 3.58. The summed E-state index contributed by atoms with van der Waals surface area (Å²) in [5.41, 5.74) is 0. The second-order valence-electron chi connectivity index (χ2n) is 3.70. The first-order valence-corrected chi connectivity index (χ1v) is 7.41. The molecule has 0 aromatic rings. The minimum Gasteiger partial charge on any atom is -0.241 e. The van der Waals surface area contributed by atoms with Crippen LogP contribution in [0.3, 0.4) is 0 Å². The van der Waals surface area contributed by atoms with Gasteiger partial charge < -0.3 is 0 Å². The van der Waals surface area contributed by atoms with Crippen LogP contribution in [-0.2, 0) is 0 Å². The molecule has 0 spiro atoms. The zero-order chi connectivity index (χ0) is 8.85. The van der Waals surface area contributed by atoms with Gasteiger partial charge in [0.25, 0.3) is 0 Å². The lowest BCUT2D eigenvalue weighted by Gasteiger charge is -2.21. The van der Waals surface area contributed by atoms with Crippen LogP contribution in [0, 0.1) is 11.8 Å². The average Bonchev–Trinajstić information content (AvgIpc) is 1.84. The molecule has 0 atom stereocenters. The first kappa shape index (κ1) is 12.0. The number of hydrogen-bond donors (Lipinski definition) is 0. The van der Waals surface area contributed by atoms with Gasteiger partial charge in [0.15, 0.2) is 0 Å². The number of rotatable bonds is 5. The van der Waals surface area contributed by atoms with E-state index in [1.165, 1.54) is 13.1 Å². The van der Waals surface area contributed by atoms with Crippen LogP contribution in [-0.4, -0.2) is 17.4 Å². The van der Waals surface area contributed by atoms with E-state index in [4.69, 9.17) is 0 Å². The molecule has 0 aromatic heterocycles. The third kappa shape index (κ3) is 7.40. The van der Waals surface area contributed by atoms with Gasteiger partial charge >= 0.3 is 0 Å². The molecule has 0 saturated carbocycles. The van der Waals surface area contributed by atoms with Crippen molar-refractivity contribution in [2.24, 2.45) is 11.8 Å². The number of halogens is 1. The van der Waals surface area contributed by atoms with Crippen LogP contribution in [0.5, 0.6) is 0 Å². The summed E-state index contributed by atoms with van der Waals surface area (Å²) >= 11 is 2.36. The predicted molar refractivity (Wildman–Crippen MR) is 62.9 cm³/mol. The first-order chi connectivity index (χ1) is 5.06. The highest BCUT2D eigenvalue weighted by Crippen LogP contribution is 2.21. The highest BCUT2D eigenvalue weighted by atomic mass is 127. The Kier molecular flexibility index (Phi) is 7.16. The molecular weight excluding hydrogens is 269 g/mol. The molecule has 0 rings (SSSR count). The van der Waals surface area contributed by atoms with Crippen LogP contribution in [0.4, 0.5) is 0 Å². The fourth-order valence-corrected chi connectivity index (χ4v) is 2.62. The Morgan fingerprint density at radius 3 is 1.64 bits per heavy atom. The van der Waals surface area contributed by atoms with Crippen molar-refractivity contribution in [2.75, 3.05) is 13.1 Å². The number of nitrogens with zero attached hydrogens (tertiary/aromatic N) is 1. The molecule has 0 radical (unpaired) electrons. The van der Waals surface area contributed by atoms with Crippen molar-refractivity contribution in [3.63, 3.8) is 0 Å². The van der Waals surface area contributed by atoms with E-state index in [1.807, 2.05) is 9.12 Å². The summed E-state index contributed by atoms with van der Waals surface area (Å²) in [6.45, 7) is 11.5. The standard InChI is InChI=1S/C8H18INS/c1-7(2)5-10(11-9)6-8(3)4/h7-8H,5-6H2,1-4H3. The highest BCUT2D eigenvalue weighted by molar-refractivity contribution is 14.2. The van der Waals surface area contributed by atoms with Crippen molar-refractivity contribution >= 4 is 30.3 Å². The summed E-state index contributed by atoms with van der Waals surface area (Å²) in [5.74, 6) is 1.55. The van der Waals surface area contributed by atoms with Crippen LogP contribution in [0.15, 0.2) is 0 Å². The van der Waals surface area contributed by atoms with Gasteiger partial charge in [-0.05, 0) is 21.0 Å². The van der Waals surface area contributed by atoms with E-state index >= 15 is 0 Å². The van der Waals surface area contributed by atoms with Gasteiger partial charge in [0, 0.05) is 34.3 Å². The smallest absolute Gasteiger partial charge is 0.0146 e. The van der Waals surface area contributed by atoms with Crippen molar-refractivity contribution in [2.45, 2.75) is 27.7 Å². The Hall–Kier alpha value is 1.04. The lowest BCUT2D eigenvalue weighted by molar-refractivity contribution is 0.368. The molecule has 0 N–H and O–H groups in total. The molecule has 68 valence electrons. The minimum atomic E-state index is 0.774. The molecule has 1 nitrogen and oxygen atoms in total. The average molecular weight is 287 g/mol. The topological polar surface area (TPSA) is 3.24 Å². The van der Waals surface area contributed by atoms with Crippen molar-refractivity contribution in [3.05, 3.63) is 0 Å². The molecule has 0 unspecified atom stereocenters. The molecule has 0 aliphatic rings. The summed E-state index contributed by atoms with van der Waals surface area (Å²) in [4.78, 5) is 0. The third-order valence-corrected chi connectivity index (χ3v) is 3.40. The van der Waals surface area contributed by atoms with Crippen molar-refractivity contribution in [1.82, 2.24) is 4.31 Å². The van der Waals surface area contributed by atoms with E-state index < -0.39 is 0 Å². The molecule has 0 bridgehead atoms. The monoisotopic (exact) mass is 287 g/mol. The molecule has 0 aliphatic carbocycles. The van der Waals surface area contributed by atoms with E-state index in [0.717, 1.165) is 11.8 Å².